The number of rotatable bonds is 6. The van der Waals surface area contributed by atoms with Crippen molar-refractivity contribution in [3.63, 3.8) is 0 Å². The van der Waals surface area contributed by atoms with E-state index >= 15 is 0 Å². The number of hydrogen-bond donors (Lipinski definition) is 3. The van der Waals surface area contributed by atoms with Crippen LogP contribution < -0.4 is 5.73 Å². The Hall–Kier alpha value is -1.59. The first-order chi connectivity index (χ1) is 8.40. The Bertz CT molecular complexity index is 419. The van der Waals surface area contributed by atoms with Crippen molar-refractivity contribution in [2.45, 2.75) is 18.9 Å². The van der Waals surface area contributed by atoms with Gasteiger partial charge in [-0.15, -0.1) is 0 Å². The molecular formula is C13H20N2O3. The van der Waals surface area contributed by atoms with E-state index in [9.17, 15) is 9.90 Å². The van der Waals surface area contributed by atoms with E-state index in [2.05, 4.69) is 4.90 Å². The van der Waals surface area contributed by atoms with Crippen LogP contribution in [0.1, 0.15) is 23.6 Å². The number of carbonyl (C=O) groups is 1. The van der Waals surface area contributed by atoms with Crippen LogP contribution in [-0.4, -0.2) is 41.7 Å². The van der Waals surface area contributed by atoms with Gasteiger partial charge in [-0.1, -0.05) is 12.1 Å². The van der Waals surface area contributed by atoms with Crippen LogP contribution in [0.3, 0.4) is 0 Å². The molecule has 0 aliphatic carbocycles. The van der Waals surface area contributed by atoms with E-state index in [4.69, 9.17) is 10.8 Å². The molecular weight excluding hydrogens is 232 g/mol. The molecule has 0 spiro atoms. The maximum Gasteiger partial charge on any atom is 0.305 e. The van der Waals surface area contributed by atoms with Gasteiger partial charge in [0.25, 0.3) is 0 Å². The third-order valence-electron chi connectivity index (χ3n) is 2.73. The molecule has 0 amide bonds. The van der Waals surface area contributed by atoms with Crippen molar-refractivity contribution >= 4 is 5.97 Å². The van der Waals surface area contributed by atoms with Crippen molar-refractivity contribution in [3.05, 3.63) is 29.3 Å². The summed E-state index contributed by atoms with van der Waals surface area (Å²) in [7, 11) is 3.97. The summed E-state index contributed by atoms with van der Waals surface area (Å²) in [5.74, 6) is -0.919. The number of nitrogens with zero attached hydrogens (tertiary/aromatic N) is 1. The van der Waals surface area contributed by atoms with Gasteiger partial charge in [-0.3, -0.25) is 4.79 Å². The van der Waals surface area contributed by atoms with E-state index in [1.807, 2.05) is 20.2 Å². The van der Waals surface area contributed by atoms with Gasteiger partial charge in [0.15, 0.2) is 0 Å². The molecule has 5 heteroatoms. The molecule has 100 valence electrons. The van der Waals surface area contributed by atoms with Crippen molar-refractivity contribution < 1.29 is 15.0 Å². The topological polar surface area (TPSA) is 86.8 Å². The summed E-state index contributed by atoms with van der Waals surface area (Å²) in [6.45, 7) is 0.887. The van der Waals surface area contributed by atoms with Gasteiger partial charge >= 0.3 is 5.97 Å². The number of aliphatic carboxylic acids is 1. The second kappa shape index (κ2) is 6.37. The number of phenolic OH excluding ortho intramolecular Hbond substituents is 1. The van der Waals surface area contributed by atoms with Crippen LogP contribution in [0.2, 0.25) is 0 Å². The molecule has 0 aliphatic heterocycles. The van der Waals surface area contributed by atoms with Crippen LogP contribution in [0, 0.1) is 0 Å². The fourth-order valence-corrected chi connectivity index (χ4v) is 1.71. The highest BCUT2D eigenvalue weighted by Gasteiger charge is 2.15. The van der Waals surface area contributed by atoms with Crippen LogP contribution in [0.25, 0.3) is 0 Å². The molecule has 0 heterocycles. The minimum Gasteiger partial charge on any atom is -0.508 e. The van der Waals surface area contributed by atoms with Gasteiger partial charge in [-0.2, -0.15) is 0 Å². The Labute approximate surface area is 107 Å². The zero-order valence-electron chi connectivity index (χ0n) is 10.8. The Balaban J connectivity index is 2.83. The molecule has 1 rings (SSSR count). The average Bonchev–Trinajstić information content (AvgIpc) is 2.26. The highest BCUT2D eigenvalue weighted by molar-refractivity contribution is 5.68. The molecule has 0 aromatic heterocycles. The number of benzene rings is 1. The second-order valence-corrected chi connectivity index (χ2v) is 4.65. The molecule has 0 saturated carbocycles. The minimum absolute atomic E-state index is 0.0531. The number of likely N-dealkylation sites (N-methyl/N-ethyl adjacent to an activating group) is 1. The lowest BCUT2D eigenvalue weighted by Crippen LogP contribution is -2.17. The van der Waals surface area contributed by atoms with Gasteiger partial charge in [-0.05, 0) is 32.1 Å². The number of carboxylic acids is 1. The molecule has 0 fully saturated rings. The lowest BCUT2D eigenvalue weighted by Gasteiger charge is -2.14. The number of phenols is 1. The third-order valence-corrected chi connectivity index (χ3v) is 2.73. The van der Waals surface area contributed by atoms with Crippen molar-refractivity contribution in [2.24, 2.45) is 5.73 Å². The molecule has 0 bridgehead atoms. The van der Waals surface area contributed by atoms with Gasteiger partial charge in [-0.25, -0.2) is 0 Å². The molecule has 0 radical (unpaired) electrons. The van der Waals surface area contributed by atoms with Crippen molar-refractivity contribution in [1.82, 2.24) is 4.90 Å². The normalized spacial score (nSPS) is 12.7. The van der Waals surface area contributed by atoms with Crippen LogP contribution in [-0.2, 0) is 11.2 Å². The first kappa shape index (κ1) is 14.5. The number of carboxylic acid groups (broad SMARTS) is 1. The third kappa shape index (κ3) is 4.35. The SMILES string of the molecule is CN(C)CCc1ccc(O)c(C(N)CC(=O)O)c1. The molecule has 0 saturated heterocycles. The van der Waals surface area contributed by atoms with Crippen molar-refractivity contribution in [1.29, 1.82) is 0 Å². The summed E-state index contributed by atoms with van der Waals surface area (Å²) in [4.78, 5) is 12.7. The maximum absolute atomic E-state index is 10.6. The summed E-state index contributed by atoms with van der Waals surface area (Å²) in [6.07, 6.45) is 0.644. The highest BCUT2D eigenvalue weighted by atomic mass is 16.4. The quantitative estimate of drug-likeness (QED) is 0.702. The zero-order valence-corrected chi connectivity index (χ0v) is 10.8. The van der Waals surface area contributed by atoms with E-state index < -0.39 is 12.0 Å². The molecule has 4 N–H and O–H groups in total. The summed E-state index contributed by atoms with van der Waals surface area (Å²) >= 11 is 0. The minimum atomic E-state index is -0.972. The Morgan fingerprint density at radius 3 is 2.67 bits per heavy atom. The largest absolute Gasteiger partial charge is 0.508 e. The summed E-state index contributed by atoms with van der Waals surface area (Å²) < 4.78 is 0. The molecule has 1 aromatic carbocycles. The fraction of sp³-hybridized carbons (Fsp3) is 0.462. The summed E-state index contributed by atoms with van der Waals surface area (Å²) in [5, 5.41) is 18.4. The van der Waals surface area contributed by atoms with E-state index in [0.717, 1.165) is 18.5 Å². The number of hydrogen-bond acceptors (Lipinski definition) is 4. The van der Waals surface area contributed by atoms with E-state index in [-0.39, 0.29) is 12.2 Å². The molecule has 1 unspecified atom stereocenters. The van der Waals surface area contributed by atoms with E-state index in [1.54, 1.807) is 12.1 Å². The maximum atomic E-state index is 10.6. The number of nitrogens with two attached hydrogens (primary N) is 1. The molecule has 1 atom stereocenters. The summed E-state index contributed by atoms with van der Waals surface area (Å²) in [5.41, 5.74) is 7.30. The van der Waals surface area contributed by atoms with E-state index in [1.165, 1.54) is 0 Å². The Morgan fingerprint density at radius 1 is 1.44 bits per heavy atom. The predicted octanol–water partition coefficient (Wildman–Crippen LogP) is 0.971. The van der Waals surface area contributed by atoms with Crippen LogP contribution in [0.5, 0.6) is 5.75 Å². The fourth-order valence-electron chi connectivity index (χ4n) is 1.71. The lowest BCUT2D eigenvalue weighted by atomic mass is 9.99. The van der Waals surface area contributed by atoms with Gasteiger partial charge in [0.2, 0.25) is 0 Å². The Morgan fingerprint density at radius 2 is 2.11 bits per heavy atom. The average molecular weight is 252 g/mol. The van der Waals surface area contributed by atoms with E-state index in [0.29, 0.717) is 5.56 Å². The Kier molecular flexibility index (Phi) is 5.12. The monoisotopic (exact) mass is 252 g/mol. The van der Waals surface area contributed by atoms with Crippen LogP contribution >= 0.6 is 0 Å². The number of aromatic hydroxyl groups is 1. The van der Waals surface area contributed by atoms with Crippen molar-refractivity contribution in [3.8, 4) is 5.75 Å². The first-order valence-electron chi connectivity index (χ1n) is 5.84. The highest BCUT2D eigenvalue weighted by Crippen LogP contribution is 2.26. The van der Waals surface area contributed by atoms with Crippen molar-refractivity contribution in [2.75, 3.05) is 20.6 Å². The van der Waals surface area contributed by atoms with Crippen LogP contribution in [0.4, 0.5) is 0 Å². The standard InChI is InChI=1S/C13H20N2O3/c1-15(2)6-5-9-3-4-12(16)10(7-9)11(14)8-13(17)18/h3-4,7,11,16H,5-6,8,14H2,1-2H3,(H,17,18). The van der Waals surface area contributed by atoms with Gasteiger partial charge < -0.3 is 20.8 Å². The molecule has 18 heavy (non-hydrogen) atoms. The zero-order chi connectivity index (χ0) is 13.7. The van der Waals surface area contributed by atoms with Gasteiger partial charge in [0, 0.05) is 18.2 Å². The molecule has 5 nitrogen and oxygen atoms in total. The van der Waals surface area contributed by atoms with Crippen LogP contribution in [0.15, 0.2) is 18.2 Å². The molecule has 0 aliphatic rings. The molecule has 1 aromatic rings. The smallest absolute Gasteiger partial charge is 0.305 e. The summed E-state index contributed by atoms with van der Waals surface area (Å²) in [6, 6.07) is 4.51. The predicted molar refractivity (Wildman–Crippen MR) is 69.5 cm³/mol. The second-order valence-electron chi connectivity index (χ2n) is 4.65. The van der Waals surface area contributed by atoms with Gasteiger partial charge in [0.1, 0.15) is 5.75 Å². The first-order valence-corrected chi connectivity index (χ1v) is 5.84. The van der Waals surface area contributed by atoms with Gasteiger partial charge in [0.05, 0.1) is 6.42 Å². The lowest BCUT2D eigenvalue weighted by molar-refractivity contribution is -0.137.